The molecule has 2 amide bonds. The SMILES string of the molecule is O=C(CN1CCN(C(=O)c2ccc(-c3ccccc3)cc2)CC1)Nc1ccccc1. The predicted molar refractivity (Wildman–Crippen MR) is 119 cm³/mol. The van der Waals surface area contributed by atoms with E-state index in [4.69, 9.17) is 0 Å². The second-order valence-electron chi connectivity index (χ2n) is 7.43. The maximum atomic E-state index is 12.8. The van der Waals surface area contributed by atoms with E-state index in [0.29, 0.717) is 38.3 Å². The summed E-state index contributed by atoms with van der Waals surface area (Å²) in [4.78, 5) is 29.0. The van der Waals surface area contributed by atoms with Crippen LogP contribution in [0.25, 0.3) is 11.1 Å². The van der Waals surface area contributed by atoms with E-state index in [2.05, 4.69) is 22.3 Å². The topological polar surface area (TPSA) is 52.7 Å². The molecule has 1 heterocycles. The molecule has 0 aliphatic carbocycles. The summed E-state index contributed by atoms with van der Waals surface area (Å²) in [7, 11) is 0. The van der Waals surface area contributed by atoms with Crippen molar-refractivity contribution in [2.75, 3.05) is 38.0 Å². The summed E-state index contributed by atoms with van der Waals surface area (Å²) in [6.07, 6.45) is 0. The summed E-state index contributed by atoms with van der Waals surface area (Å²) >= 11 is 0. The first-order chi connectivity index (χ1) is 14.7. The lowest BCUT2D eigenvalue weighted by molar-refractivity contribution is -0.117. The van der Waals surface area contributed by atoms with Crippen molar-refractivity contribution in [2.24, 2.45) is 0 Å². The minimum absolute atomic E-state index is 0.0301. The van der Waals surface area contributed by atoms with Crippen LogP contribution >= 0.6 is 0 Å². The van der Waals surface area contributed by atoms with Crippen LogP contribution in [0.4, 0.5) is 5.69 Å². The van der Waals surface area contributed by atoms with Gasteiger partial charge in [0, 0.05) is 37.4 Å². The molecular formula is C25H25N3O2. The van der Waals surface area contributed by atoms with Crippen molar-refractivity contribution in [3.8, 4) is 11.1 Å². The van der Waals surface area contributed by atoms with Crippen LogP contribution in [0.3, 0.4) is 0 Å². The molecular weight excluding hydrogens is 374 g/mol. The average Bonchev–Trinajstić information content (AvgIpc) is 2.80. The minimum atomic E-state index is -0.0301. The van der Waals surface area contributed by atoms with Gasteiger partial charge in [0.1, 0.15) is 0 Å². The van der Waals surface area contributed by atoms with Gasteiger partial charge in [0.15, 0.2) is 0 Å². The van der Waals surface area contributed by atoms with Crippen LogP contribution < -0.4 is 5.32 Å². The van der Waals surface area contributed by atoms with Gasteiger partial charge < -0.3 is 10.2 Å². The zero-order valence-electron chi connectivity index (χ0n) is 16.8. The van der Waals surface area contributed by atoms with E-state index in [9.17, 15) is 9.59 Å². The van der Waals surface area contributed by atoms with Gasteiger partial charge in [-0.2, -0.15) is 0 Å². The van der Waals surface area contributed by atoms with Crippen LogP contribution in [0.15, 0.2) is 84.9 Å². The highest BCUT2D eigenvalue weighted by atomic mass is 16.2. The highest BCUT2D eigenvalue weighted by Gasteiger charge is 2.23. The molecule has 1 N–H and O–H groups in total. The van der Waals surface area contributed by atoms with Crippen LogP contribution in [0.2, 0.25) is 0 Å². The molecule has 0 bridgehead atoms. The van der Waals surface area contributed by atoms with Gasteiger partial charge >= 0.3 is 0 Å². The number of nitrogens with one attached hydrogen (secondary N) is 1. The molecule has 1 aliphatic heterocycles. The molecule has 0 unspecified atom stereocenters. The number of para-hydroxylation sites is 1. The van der Waals surface area contributed by atoms with Crippen molar-refractivity contribution >= 4 is 17.5 Å². The number of benzene rings is 3. The van der Waals surface area contributed by atoms with Gasteiger partial charge in [0.25, 0.3) is 5.91 Å². The monoisotopic (exact) mass is 399 g/mol. The first-order valence-electron chi connectivity index (χ1n) is 10.2. The van der Waals surface area contributed by atoms with Gasteiger partial charge in [-0.15, -0.1) is 0 Å². The molecule has 5 nitrogen and oxygen atoms in total. The normalized spacial score (nSPS) is 14.3. The fourth-order valence-electron chi connectivity index (χ4n) is 3.65. The van der Waals surface area contributed by atoms with Crippen molar-refractivity contribution in [3.63, 3.8) is 0 Å². The van der Waals surface area contributed by atoms with Gasteiger partial charge in [-0.05, 0) is 35.4 Å². The van der Waals surface area contributed by atoms with Crippen molar-refractivity contribution in [2.45, 2.75) is 0 Å². The smallest absolute Gasteiger partial charge is 0.253 e. The third kappa shape index (κ3) is 4.93. The Morgan fingerprint density at radius 2 is 1.27 bits per heavy atom. The van der Waals surface area contributed by atoms with E-state index in [-0.39, 0.29) is 11.8 Å². The first-order valence-corrected chi connectivity index (χ1v) is 10.2. The summed E-state index contributed by atoms with van der Waals surface area (Å²) in [5.74, 6) is 0.0143. The van der Waals surface area contributed by atoms with Crippen molar-refractivity contribution in [3.05, 3.63) is 90.5 Å². The number of carbonyl (C=O) groups excluding carboxylic acids is 2. The second-order valence-corrected chi connectivity index (χ2v) is 7.43. The molecule has 0 radical (unpaired) electrons. The predicted octanol–water partition coefficient (Wildman–Crippen LogP) is 3.75. The number of anilines is 1. The fourth-order valence-corrected chi connectivity index (χ4v) is 3.65. The third-order valence-electron chi connectivity index (χ3n) is 5.32. The number of amides is 2. The fraction of sp³-hybridized carbons (Fsp3) is 0.200. The minimum Gasteiger partial charge on any atom is -0.336 e. The van der Waals surface area contributed by atoms with Gasteiger partial charge in [0.05, 0.1) is 6.54 Å². The quantitative estimate of drug-likeness (QED) is 0.711. The molecule has 1 fully saturated rings. The second kappa shape index (κ2) is 9.37. The molecule has 1 aliphatic rings. The van der Waals surface area contributed by atoms with Crippen molar-refractivity contribution in [1.29, 1.82) is 0 Å². The van der Waals surface area contributed by atoms with Crippen molar-refractivity contribution < 1.29 is 9.59 Å². The molecule has 30 heavy (non-hydrogen) atoms. The number of rotatable bonds is 5. The van der Waals surface area contributed by atoms with Gasteiger partial charge in [0.2, 0.25) is 5.91 Å². The van der Waals surface area contributed by atoms with Gasteiger partial charge in [-0.25, -0.2) is 0 Å². The number of hydrogen-bond donors (Lipinski definition) is 1. The van der Waals surface area contributed by atoms with E-state index in [1.165, 1.54) is 0 Å². The molecule has 4 rings (SSSR count). The Morgan fingerprint density at radius 3 is 1.90 bits per heavy atom. The van der Waals surface area contributed by atoms with Crippen LogP contribution in [0, 0.1) is 0 Å². The molecule has 0 aromatic heterocycles. The van der Waals surface area contributed by atoms with Crippen LogP contribution in [-0.4, -0.2) is 54.3 Å². The zero-order valence-corrected chi connectivity index (χ0v) is 16.8. The summed E-state index contributed by atoms with van der Waals surface area (Å²) in [5, 5.41) is 2.91. The van der Waals surface area contributed by atoms with E-state index < -0.39 is 0 Å². The molecule has 3 aromatic rings. The largest absolute Gasteiger partial charge is 0.336 e. The lowest BCUT2D eigenvalue weighted by atomic mass is 10.0. The molecule has 5 heteroatoms. The van der Waals surface area contributed by atoms with E-state index >= 15 is 0 Å². The number of carbonyl (C=O) groups is 2. The van der Waals surface area contributed by atoms with Gasteiger partial charge in [-0.3, -0.25) is 14.5 Å². The summed E-state index contributed by atoms with van der Waals surface area (Å²) in [6, 6.07) is 27.4. The van der Waals surface area contributed by atoms with Crippen molar-refractivity contribution in [1.82, 2.24) is 9.80 Å². The molecule has 0 saturated carbocycles. The Kier molecular flexibility index (Phi) is 6.20. The first kappa shape index (κ1) is 19.9. The molecule has 0 spiro atoms. The maximum absolute atomic E-state index is 12.8. The average molecular weight is 399 g/mol. The van der Waals surface area contributed by atoms with Gasteiger partial charge in [-0.1, -0.05) is 60.7 Å². The summed E-state index contributed by atoms with van der Waals surface area (Å²) in [5.41, 5.74) is 3.74. The Labute approximate surface area is 176 Å². The third-order valence-corrected chi connectivity index (χ3v) is 5.32. The maximum Gasteiger partial charge on any atom is 0.253 e. The molecule has 3 aromatic carbocycles. The Hall–Kier alpha value is -3.44. The Bertz CT molecular complexity index is 980. The van der Waals surface area contributed by atoms with E-state index in [0.717, 1.165) is 16.8 Å². The summed E-state index contributed by atoms with van der Waals surface area (Å²) < 4.78 is 0. The zero-order chi connectivity index (χ0) is 20.8. The lowest BCUT2D eigenvalue weighted by Gasteiger charge is -2.34. The Balaban J connectivity index is 1.28. The van der Waals surface area contributed by atoms with Crippen LogP contribution in [0.1, 0.15) is 10.4 Å². The summed E-state index contributed by atoms with van der Waals surface area (Å²) in [6.45, 7) is 2.96. The number of piperazine rings is 1. The number of hydrogen-bond acceptors (Lipinski definition) is 3. The van der Waals surface area contributed by atoms with E-state index in [1.807, 2.05) is 77.7 Å². The Morgan fingerprint density at radius 1 is 0.700 bits per heavy atom. The molecule has 0 atom stereocenters. The molecule has 152 valence electrons. The highest BCUT2D eigenvalue weighted by Crippen LogP contribution is 2.20. The standard InChI is InChI=1S/C25H25N3O2/c29-24(26-23-9-5-2-6-10-23)19-27-15-17-28(18-16-27)25(30)22-13-11-21(12-14-22)20-7-3-1-4-8-20/h1-14H,15-19H2,(H,26,29). The van der Waals surface area contributed by atoms with Crippen LogP contribution in [-0.2, 0) is 4.79 Å². The van der Waals surface area contributed by atoms with E-state index in [1.54, 1.807) is 0 Å². The van der Waals surface area contributed by atoms with Crippen LogP contribution in [0.5, 0.6) is 0 Å². The number of nitrogens with zero attached hydrogens (tertiary/aromatic N) is 2. The molecule has 1 saturated heterocycles. The lowest BCUT2D eigenvalue weighted by Crippen LogP contribution is -2.50. The highest BCUT2D eigenvalue weighted by molar-refractivity contribution is 5.95.